The lowest BCUT2D eigenvalue weighted by atomic mass is 10.3. The number of thiazole rings is 1. The predicted molar refractivity (Wildman–Crippen MR) is 87.5 cm³/mol. The fraction of sp³-hybridized carbons (Fsp3) is 0.133. The van der Waals surface area contributed by atoms with E-state index in [0.29, 0.717) is 10.8 Å². The summed E-state index contributed by atoms with van der Waals surface area (Å²) >= 11 is 7.68. The molecule has 1 N–H and O–H groups in total. The Balaban J connectivity index is 1.96. The van der Waals surface area contributed by atoms with E-state index in [4.69, 9.17) is 21.1 Å². The van der Waals surface area contributed by atoms with Gasteiger partial charge in [-0.3, -0.25) is 0 Å². The number of fused-ring (bicyclic) bond motifs is 1. The molecule has 1 heterocycles. The van der Waals surface area contributed by atoms with Gasteiger partial charge in [0.25, 0.3) is 0 Å². The topological polar surface area (TPSA) is 43.4 Å². The highest BCUT2D eigenvalue weighted by Gasteiger charge is 2.10. The highest BCUT2D eigenvalue weighted by molar-refractivity contribution is 7.22. The van der Waals surface area contributed by atoms with Crippen molar-refractivity contribution in [2.75, 3.05) is 19.5 Å². The number of halogens is 1. The first-order chi connectivity index (χ1) is 10.2. The molecule has 1 aromatic heterocycles. The van der Waals surface area contributed by atoms with Gasteiger partial charge in [-0.2, -0.15) is 0 Å². The number of methoxy groups -OCH3 is 2. The second kappa shape index (κ2) is 5.79. The van der Waals surface area contributed by atoms with E-state index < -0.39 is 0 Å². The zero-order valence-corrected chi connectivity index (χ0v) is 13.1. The number of benzene rings is 2. The normalized spacial score (nSPS) is 10.6. The largest absolute Gasteiger partial charge is 0.497 e. The SMILES string of the molecule is COc1ccc(Nc2nc3cccc(Cl)c3s2)c(OC)c1. The first kappa shape index (κ1) is 14.0. The zero-order chi connectivity index (χ0) is 14.8. The molecule has 21 heavy (non-hydrogen) atoms. The smallest absolute Gasteiger partial charge is 0.188 e. The van der Waals surface area contributed by atoms with Crippen molar-refractivity contribution < 1.29 is 9.47 Å². The van der Waals surface area contributed by atoms with E-state index >= 15 is 0 Å². The lowest BCUT2D eigenvalue weighted by Gasteiger charge is -2.10. The molecule has 0 saturated carbocycles. The van der Waals surface area contributed by atoms with Crippen molar-refractivity contribution in [2.24, 2.45) is 0 Å². The van der Waals surface area contributed by atoms with Gasteiger partial charge < -0.3 is 14.8 Å². The van der Waals surface area contributed by atoms with Crippen molar-refractivity contribution in [3.63, 3.8) is 0 Å². The summed E-state index contributed by atoms with van der Waals surface area (Å²) in [4.78, 5) is 4.52. The molecule has 0 aliphatic rings. The van der Waals surface area contributed by atoms with Crippen LogP contribution in [0.15, 0.2) is 36.4 Å². The predicted octanol–water partition coefficient (Wildman–Crippen LogP) is 4.71. The molecule has 0 aliphatic heterocycles. The molecule has 0 bridgehead atoms. The van der Waals surface area contributed by atoms with Crippen LogP contribution in [0.3, 0.4) is 0 Å². The molecule has 0 atom stereocenters. The maximum atomic E-state index is 6.17. The summed E-state index contributed by atoms with van der Waals surface area (Å²) in [5, 5.41) is 4.73. The number of hydrogen-bond donors (Lipinski definition) is 1. The van der Waals surface area contributed by atoms with Crippen LogP contribution in [0.2, 0.25) is 5.02 Å². The molecule has 4 nitrogen and oxygen atoms in total. The molecular weight excluding hydrogens is 308 g/mol. The quantitative estimate of drug-likeness (QED) is 0.756. The van der Waals surface area contributed by atoms with E-state index in [1.54, 1.807) is 14.2 Å². The fourth-order valence-corrected chi connectivity index (χ4v) is 3.15. The van der Waals surface area contributed by atoms with Gasteiger partial charge in [-0.1, -0.05) is 29.0 Å². The van der Waals surface area contributed by atoms with E-state index in [0.717, 1.165) is 26.8 Å². The van der Waals surface area contributed by atoms with Crippen LogP contribution in [0, 0.1) is 0 Å². The van der Waals surface area contributed by atoms with Gasteiger partial charge in [-0.05, 0) is 24.3 Å². The van der Waals surface area contributed by atoms with Crippen LogP contribution in [0.4, 0.5) is 10.8 Å². The average Bonchev–Trinajstić information content (AvgIpc) is 2.91. The van der Waals surface area contributed by atoms with E-state index in [1.165, 1.54) is 11.3 Å². The molecule has 3 rings (SSSR count). The number of nitrogens with one attached hydrogen (secondary N) is 1. The van der Waals surface area contributed by atoms with Gasteiger partial charge in [0.2, 0.25) is 0 Å². The molecule has 6 heteroatoms. The van der Waals surface area contributed by atoms with Crippen LogP contribution in [-0.2, 0) is 0 Å². The van der Waals surface area contributed by atoms with Gasteiger partial charge in [-0.15, -0.1) is 0 Å². The van der Waals surface area contributed by atoms with Crippen molar-refractivity contribution in [1.29, 1.82) is 0 Å². The lowest BCUT2D eigenvalue weighted by Crippen LogP contribution is -1.95. The van der Waals surface area contributed by atoms with Crippen molar-refractivity contribution in [2.45, 2.75) is 0 Å². The molecular formula is C15H13ClN2O2S. The summed E-state index contributed by atoms with van der Waals surface area (Å²) in [6.07, 6.45) is 0. The molecule has 0 aliphatic carbocycles. The Bertz CT molecular complexity index is 788. The molecule has 0 unspecified atom stereocenters. The maximum absolute atomic E-state index is 6.17. The van der Waals surface area contributed by atoms with Crippen LogP contribution >= 0.6 is 22.9 Å². The van der Waals surface area contributed by atoms with Gasteiger partial charge in [0.1, 0.15) is 11.5 Å². The molecule has 2 aromatic carbocycles. The lowest BCUT2D eigenvalue weighted by molar-refractivity contribution is 0.395. The Morgan fingerprint density at radius 3 is 2.71 bits per heavy atom. The third kappa shape index (κ3) is 2.75. The highest BCUT2D eigenvalue weighted by atomic mass is 35.5. The Morgan fingerprint density at radius 2 is 2.00 bits per heavy atom. The number of anilines is 2. The number of rotatable bonds is 4. The first-order valence-corrected chi connectivity index (χ1v) is 7.45. The minimum absolute atomic E-state index is 0.694. The van der Waals surface area contributed by atoms with Crippen LogP contribution < -0.4 is 14.8 Å². The molecule has 0 spiro atoms. The summed E-state index contributed by atoms with van der Waals surface area (Å²) in [6, 6.07) is 11.3. The van der Waals surface area contributed by atoms with E-state index in [2.05, 4.69) is 10.3 Å². The Hall–Kier alpha value is -1.98. The van der Waals surface area contributed by atoms with Crippen molar-refractivity contribution >= 4 is 44.0 Å². The summed E-state index contributed by atoms with van der Waals surface area (Å²) in [5.74, 6) is 1.43. The highest BCUT2D eigenvalue weighted by Crippen LogP contribution is 2.36. The van der Waals surface area contributed by atoms with E-state index in [9.17, 15) is 0 Å². The van der Waals surface area contributed by atoms with Gasteiger partial charge in [-0.25, -0.2) is 4.98 Å². The Kier molecular flexibility index (Phi) is 3.86. The van der Waals surface area contributed by atoms with Crippen molar-refractivity contribution in [1.82, 2.24) is 4.98 Å². The van der Waals surface area contributed by atoms with E-state index in [1.807, 2.05) is 36.4 Å². The molecule has 0 radical (unpaired) electrons. The summed E-state index contributed by atoms with van der Waals surface area (Å²) in [6.45, 7) is 0. The van der Waals surface area contributed by atoms with Crippen LogP contribution in [0.5, 0.6) is 11.5 Å². The first-order valence-electron chi connectivity index (χ1n) is 6.25. The number of ether oxygens (including phenoxy) is 2. The Labute approximate surface area is 131 Å². The average molecular weight is 321 g/mol. The van der Waals surface area contributed by atoms with E-state index in [-0.39, 0.29) is 0 Å². The van der Waals surface area contributed by atoms with Crippen molar-refractivity contribution in [3.05, 3.63) is 41.4 Å². The Morgan fingerprint density at radius 1 is 1.14 bits per heavy atom. The van der Waals surface area contributed by atoms with Gasteiger partial charge >= 0.3 is 0 Å². The molecule has 108 valence electrons. The minimum atomic E-state index is 0.694. The van der Waals surface area contributed by atoms with Crippen molar-refractivity contribution in [3.8, 4) is 11.5 Å². The summed E-state index contributed by atoms with van der Waals surface area (Å²) in [5.41, 5.74) is 1.70. The molecule has 0 saturated heterocycles. The van der Waals surface area contributed by atoms with Gasteiger partial charge in [0, 0.05) is 6.07 Å². The van der Waals surface area contributed by atoms with Gasteiger partial charge in [0.05, 0.1) is 35.1 Å². The summed E-state index contributed by atoms with van der Waals surface area (Å²) in [7, 11) is 3.24. The second-order valence-electron chi connectivity index (χ2n) is 4.30. The van der Waals surface area contributed by atoms with Crippen LogP contribution in [-0.4, -0.2) is 19.2 Å². The van der Waals surface area contributed by atoms with Crippen LogP contribution in [0.1, 0.15) is 0 Å². The molecule has 0 amide bonds. The number of aromatic nitrogens is 1. The maximum Gasteiger partial charge on any atom is 0.188 e. The molecule has 3 aromatic rings. The monoisotopic (exact) mass is 320 g/mol. The number of hydrogen-bond acceptors (Lipinski definition) is 5. The third-order valence-electron chi connectivity index (χ3n) is 3.02. The van der Waals surface area contributed by atoms with Gasteiger partial charge in [0.15, 0.2) is 5.13 Å². The second-order valence-corrected chi connectivity index (χ2v) is 5.70. The standard InChI is InChI=1S/C15H13ClN2O2S/c1-19-9-6-7-11(13(8-9)20-2)17-15-18-12-5-3-4-10(16)14(12)21-15/h3-8H,1-2H3,(H,17,18). The summed E-state index contributed by atoms with van der Waals surface area (Å²) < 4.78 is 11.5. The third-order valence-corrected chi connectivity index (χ3v) is 4.46. The molecule has 0 fully saturated rings. The zero-order valence-electron chi connectivity index (χ0n) is 11.5. The van der Waals surface area contributed by atoms with Crippen LogP contribution in [0.25, 0.3) is 10.2 Å². The minimum Gasteiger partial charge on any atom is -0.497 e. The fourth-order valence-electron chi connectivity index (χ4n) is 1.99. The number of nitrogens with zero attached hydrogens (tertiary/aromatic N) is 1.